The predicted octanol–water partition coefficient (Wildman–Crippen LogP) is 1.18. The zero-order valence-corrected chi connectivity index (χ0v) is 15.5. The summed E-state index contributed by atoms with van der Waals surface area (Å²) < 4.78 is 24.2. The van der Waals surface area contributed by atoms with Crippen LogP contribution in [0.2, 0.25) is 0 Å². The first-order valence-corrected chi connectivity index (χ1v) is 8.47. The molecule has 0 atom stereocenters. The van der Waals surface area contributed by atoms with Gasteiger partial charge in [-0.15, -0.1) is 0 Å². The summed E-state index contributed by atoms with van der Waals surface area (Å²) in [4.78, 5) is 34.4. The van der Waals surface area contributed by atoms with Gasteiger partial charge in [0.15, 0.2) is 18.1 Å². The molecule has 0 unspecified atom stereocenters. The molecule has 10 heteroatoms. The Bertz CT molecular complexity index is 933. The van der Waals surface area contributed by atoms with Gasteiger partial charge < -0.3 is 20.5 Å². The van der Waals surface area contributed by atoms with E-state index >= 15 is 0 Å². The van der Waals surface area contributed by atoms with Crippen molar-refractivity contribution in [3.63, 3.8) is 0 Å². The van der Waals surface area contributed by atoms with Gasteiger partial charge in [0.25, 0.3) is 5.91 Å². The number of amides is 3. The molecule has 0 radical (unpaired) electrons. The van der Waals surface area contributed by atoms with Crippen LogP contribution in [0.4, 0.5) is 10.1 Å². The SMILES string of the molecule is CCOc1cc(/C=N/NC(=O)C(=O)Nc2ccccc2F)ccc1OCC(N)=O. The smallest absolute Gasteiger partial charge is 0.329 e. The second kappa shape index (κ2) is 10.4. The maximum absolute atomic E-state index is 13.5. The molecule has 0 heterocycles. The fraction of sp³-hybridized carbons (Fsp3) is 0.158. The summed E-state index contributed by atoms with van der Waals surface area (Å²) >= 11 is 0. The van der Waals surface area contributed by atoms with Crippen molar-refractivity contribution in [1.82, 2.24) is 5.43 Å². The summed E-state index contributed by atoms with van der Waals surface area (Å²) in [5.74, 6) is -2.78. The summed E-state index contributed by atoms with van der Waals surface area (Å²) in [5, 5.41) is 5.82. The zero-order chi connectivity index (χ0) is 21.2. The molecular weight excluding hydrogens is 383 g/mol. The van der Waals surface area contributed by atoms with E-state index in [4.69, 9.17) is 15.2 Å². The number of carbonyl (C=O) groups excluding carboxylic acids is 3. The Morgan fingerprint density at radius 3 is 2.55 bits per heavy atom. The first-order valence-electron chi connectivity index (χ1n) is 8.47. The lowest BCUT2D eigenvalue weighted by molar-refractivity contribution is -0.136. The summed E-state index contributed by atoms with van der Waals surface area (Å²) in [7, 11) is 0. The maximum Gasteiger partial charge on any atom is 0.329 e. The second-order valence-electron chi connectivity index (χ2n) is 5.53. The number of halogens is 1. The number of nitrogens with zero attached hydrogens (tertiary/aromatic N) is 1. The standard InChI is InChI=1S/C19H19FN4O5/c1-2-28-16-9-12(7-8-15(16)29-11-17(21)25)10-22-24-19(27)18(26)23-14-6-4-3-5-13(14)20/h3-10H,2,11H2,1H3,(H2,21,25)(H,23,26)(H,24,27)/b22-10+. The van der Waals surface area contributed by atoms with E-state index in [0.717, 1.165) is 6.07 Å². The second-order valence-corrected chi connectivity index (χ2v) is 5.53. The van der Waals surface area contributed by atoms with Gasteiger partial charge in [0, 0.05) is 0 Å². The average Bonchev–Trinajstić information content (AvgIpc) is 2.69. The van der Waals surface area contributed by atoms with E-state index in [1.54, 1.807) is 25.1 Å². The van der Waals surface area contributed by atoms with Crippen LogP contribution in [0.5, 0.6) is 11.5 Å². The quantitative estimate of drug-likeness (QED) is 0.346. The fourth-order valence-corrected chi connectivity index (χ4v) is 2.10. The third kappa shape index (κ3) is 6.61. The Kier molecular flexibility index (Phi) is 7.66. The van der Waals surface area contributed by atoms with Gasteiger partial charge in [-0.2, -0.15) is 5.10 Å². The Labute approximate surface area is 165 Å². The average molecular weight is 402 g/mol. The highest BCUT2D eigenvalue weighted by atomic mass is 19.1. The topological polar surface area (TPSA) is 132 Å². The summed E-state index contributed by atoms with van der Waals surface area (Å²) in [6.45, 7) is 1.81. The van der Waals surface area contributed by atoms with Crippen molar-refractivity contribution in [2.45, 2.75) is 6.92 Å². The number of nitrogens with two attached hydrogens (primary N) is 1. The summed E-state index contributed by atoms with van der Waals surface area (Å²) in [6.07, 6.45) is 1.27. The first kappa shape index (κ1) is 21.4. The molecule has 0 aliphatic rings. The van der Waals surface area contributed by atoms with Crippen molar-refractivity contribution in [3.05, 3.63) is 53.8 Å². The van der Waals surface area contributed by atoms with Crippen LogP contribution in [0.1, 0.15) is 12.5 Å². The molecule has 0 fully saturated rings. The van der Waals surface area contributed by atoms with Crippen LogP contribution in [0, 0.1) is 5.82 Å². The van der Waals surface area contributed by atoms with Crippen LogP contribution in [0.15, 0.2) is 47.6 Å². The van der Waals surface area contributed by atoms with Crippen LogP contribution < -0.4 is 25.9 Å². The Morgan fingerprint density at radius 1 is 1.10 bits per heavy atom. The summed E-state index contributed by atoms with van der Waals surface area (Å²) in [5.41, 5.74) is 7.49. The number of anilines is 1. The van der Waals surface area contributed by atoms with Gasteiger partial charge in [0.05, 0.1) is 18.5 Å². The van der Waals surface area contributed by atoms with E-state index in [9.17, 15) is 18.8 Å². The number of hydrogen-bond donors (Lipinski definition) is 3. The molecule has 0 saturated carbocycles. The van der Waals surface area contributed by atoms with Crippen LogP contribution in [0.25, 0.3) is 0 Å². The summed E-state index contributed by atoms with van der Waals surface area (Å²) in [6, 6.07) is 10.1. The monoisotopic (exact) mass is 402 g/mol. The Balaban J connectivity index is 1.98. The lowest BCUT2D eigenvalue weighted by atomic mass is 10.2. The third-order valence-electron chi connectivity index (χ3n) is 3.35. The molecule has 0 saturated heterocycles. The van der Waals surface area contributed by atoms with Crippen LogP contribution >= 0.6 is 0 Å². The van der Waals surface area contributed by atoms with E-state index < -0.39 is 23.5 Å². The molecule has 29 heavy (non-hydrogen) atoms. The van der Waals surface area contributed by atoms with E-state index in [1.807, 2.05) is 5.43 Å². The molecule has 3 amide bonds. The molecule has 4 N–H and O–H groups in total. The molecule has 2 aromatic rings. The van der Waals surface area contributed by atoms with E-state index in [-0.39, 0.29) is 12.3 Å². The molecule has 0 bridgehead atoms. The number of carbonyl (C=O) groups is 3. The van der Waals surface area contributed by atoms with E-state index in [0.29, 0.717) is 23.7 Å². The highest BCUT2D eigenvalue weighted by Gasteiger charge is 2.14. The highest BCUT2D eigenvalue weighted by Crippen LogP contribution is 2.28. The number of benzene rings is 2. The molecule has 0 aromatic heterocycles. The van der Waals surface area contributed by atoms with Crippen molar-refractivity contribution in [3.8, 4) is 11.5 Å². The fourth-order valence-electron chi connectivity index (χ4n) is 2.10. The molecule has 0 aliphatic heterocycles. The molecule has 2 rings (SSSR count). The number of rotatable bonds is 8. The maximum atomic E-state index is 13.5. The van der Waals surface area contributed by atoms with Crippen molar-refractivity contribution in [2.75, 3.05) is 18.5 Å². The number of hydrogen-bond acceptors (Lipinski definition) is 6. The van der Waals surface area contributed by atoms with Gasteiger partial charge in [-0.1, -0.05) is 12.1 Å². The number of nitrogens with one attached hydrogen (secondary N) is 2. The van der Waals surface area contributed by atoms with Crippen LogP contribution in [-0.4, -0.2) is 37.1 Å². The van der Waals surface area contributed by atoms with Gasteiger partial charge in [0.1, 0.15) is 5.82 Å². The minimum absolute atomic E-state index is 0.121. The van der Waals surface area contributed by atoms with Crippen LogP contribution in [-0.2, 0) is 14.4 Å². The molecule has 0 aliphatic carbocycles. The number of primary amides is 1. The van der Waals surface area contributed by atoms with Gasteiger partial charge in [-0.3, -0.25) is 14.4 Å². The number of hydrazone groups is 1. The first-order chi connectivity index (χ1) is 13.9. The minimum Gasteiger partial charge on any atom is -0.490 e. The Hall–Kier alpha value is -3.95. The zero-order valence-electron chi connectivity index (χ0n) is 15.5. The van der Waals surface area contributed by atoms with E-state index in [2.05, 4.69) is 10.4 Å². The van der Waals surface area contributed by atoms with Gasteiger partial charge in [-0.05, 0) is 42.8 Å². The van der Waals surface area contributed by atoms with Crippen LogP contribution in [0.3, 0.4) is 0 Å². The van der Waals surface area contributed by atoms with Gasteiger partial charge in [-0.25, -0.2) is 9.82 Å². The van der Waals surface area contributed by atoms with Crippen molar-refractivity contribution in [2.24, 2.45) is 10.8 Å². The minimum atomic E-state index is -1.07. The van der Waals surface area contributed by atoms with Crippen molar-refractivity contribution >= 4 is 29.6 Å². The van der Waals surface area contributed by atoms with Gasteiger partial charge >= 0.3 is 11.8 Å². The highest BCUT2D eigenvalue weighted by molar-refractivity contribution is 6.39. The van der Waals surface area contributed by atoms with Crippen molar-refractivity contribution in [1.29, 1.82) is 0 Å². The molecule has 152 valence electrons. The Morgan fingerprint density at radius 2 is 1.86 bits per heavy atom. The molecule has 2 aromatic carbocycles. The normalized spacial score (nSPS) is 10.4. The van der Waals surface area contributed by atoms with Crippen molar-refractivity contribution < 1.29 is 28.2 Å². The number of ether oxygens (including phenoxy) is 2. The van der Waals surface area contributed by atoms with Gasteiger partial charge in [0.2, 0.25) is 0 Å². The third-order valence-corrected chi connectivity index (χ3v) is 3.35. The molecule has 0 spiro atoms. The lowest BCUT2D eigenvalue weighted by Gasteiger charge is -2.11. The molecular formula is C19H19FN4O5. The van der Waals surface area contributed by atoms with E-state index in [1.165, 1.54) is 24.4 Å². The largest absolute Gasteiger partial charge is 0.490 e. The number of para-hydroxylation sites is 1. The predicted molar refractivity (Wildman–Crippen MR) is 103 cm³/mol. The molecule has 9 nitrogen and oxygen atoms in total. The lowest BCUT2D eigenvalue weighted by Crippen LogP contribution is -2.32.